The fraction of sp³-hybridized carbons (Fsp3) is 0.200. The van der Waals surface area contributed by atoms with E-state index in [2.05, 4.69) is 0 Å². The van der Waals surface area contributed by atoms with Crippen LogP contribution in [-0.2, 0) is 11.2 Å². The first-order chi connectivity index (χ1) is 12.0. The number of hydrogen-bond acceptors (Lipinski definition) is 4. The van der Waals surface area contributed by atoms with E-state index in [0.29, 0.717) is 23.3 Å². The maximum absolute atomic E-state index is 12.4. The third kappa shape index (κ3) is 3.55. The number of aliphatic carboxylic acids is 1. The number of carboxylic acids is 1. The molecule has 1 aromatic heterocycles. The van der Waals surface area contributed by atoms with Crippen LogP contribution in [0.25, 0.3) is 11.0 Å². The molecule has 3 rings (SSSR count). The minimum absolute atomic E-state index is 0.366. The van der Waals surface area contributed by atoms with E-state index >= 15 is 0 Å². The summed E-state index contributed by atoms with van der Waals surface area (Å²) in [5, 5.41) is 9.58. The monoisotopic (exact) mass is 338 g/mol. The quantitative estimate of drug-likeness (QED) is 0.721. The van der Waals surface area contributed by atoms with Crippen molar-refractivity contribution in [2.45, 2.75) is 20.3 Å². The third-order valence-corrected chi connectivity index (χ3v) is 4.14. The molecule has 0 bridgehead atoms. The highest BCUT2D eigenvalue weighted by molar-refractivity contribution is 5.86. The molecule has 5 nitrogen and oxygen atoms in total. The van der Waals surface area contributed by atoms with Crippen molar-refractivity contribution in [3.63, 3.8) is 0 Å². The molecule has 1 heterocycles. The Kier molecular flexibility index (Phi) is 4.57. The molecule has 5 heteroatoms. The molecule has 25 heavy (non-hydrogen) atoms. The molecule has 0 saturated heterocycles. The van der Waals surface area contributed by atoms with Gasteiger partial charge in [-0.1, -0.05) is 30.3 Å². The minimum Gasteiger partial charge on any atom is -0.482 e. The van der Waals surface area contributed by atoms with Crippen molar-refractivity contribution in [1.82, 2.24) is 0 Å². The molecule has 0 aliphatic carbocycles. The zero-order valence-corrected chi connectivity index (χ0v) is 14.0. The molecule has 0 atom stereocenters. The number of hydrogen-bond donors (Lipinski definition) is 1. The lowest BCUT2D eigenvalue weighted by Crippen LogP contribution is -2.12. The Bertz CT molecular complexity index is 986. The van der Waals surface area contributed by atoms with Gasteiger partial charge in [0.05, 0.1) is 0 Å². The molecule has 0 aliphatic rings. The molecule has 0 aliphatic heterocycles. The number of ether oxygens (including phenoxy) is 1. The van der Waals surface area contributed by atoms with E-state index in [1.165, 1.54) is 0 Å². The third-order valence-electron chi connectivity index (χ3n) is 4.14. The predicted octanol–water partition coefficient (Wildman–Crippen LogP) is 3.46. The van der Waals surface area contributed by atoms with Gasteiger partial charge in [-0.25, -0.2) is 9.59 Å². The molecule has 0 radical (unpaired) electrons. The molecule has 0 fully saturated rings. The molecule has 0 spiro atoms. The van der Waals surface area contributed by atoms with E-state index in [1.807, 2.05) is 44.2 Å². The SMILES string of the molecule is Cc1cc(OCC(=O)O)cc2oc(=O)c(Cc3ccccc3)c(C)c12. The summed E-state index contributed by atoms with van der Waals surface area (Å²) >= 11 is 0. The summed E-state index contributed by atoms with van der Waals surface area (Å²) in [6, 6.07) is 13.1. The number of fused-ring (bicyclic) bond motifs is 1. The average Bonchev–Trinajstić information content (AvgIpc) is 2.57. The summed E-state index contributed by atoms with van der Waals surface area (Å²) < 4.78 is 10.7. The number of carboxylic acid groups (broad SMARTS) is 1. The highest BCUT2D eigenvalue weighted by Gasteiger charge is 2.15. The summed E-state index contributed by atoms with van der Waals surface area (Å²) in [6.45, 7) is 3.35. The highest BCUT2D eigenvalue weighted by Crippen LogP contribution is 2.28. The van der Waals surface area contributed by atoms with E-state index in [0.717, 1.165) is 22.1 Å². The van der Waals surface area contributed by atoms with E-state index < -0.39 is 12.6 Å². The first-order valence-corrected chi connectivity index (χ1v) is 7.91. The highest BCUT2D eigenvalue weighted by atomic mass is 16.5. The first-order valence-electron chi connectivity index (χ1n) is 7.91. The minimum atomic E-state index is -1.06. The molecular formula is C20H18O5. The largest absolute Gasteiger partial charge is 0.482 e. The van der Waals surface area contributed by atoms with Crippen molar-refractivity contribution in [2.75, 3.05) is 6.61 Å². The van der Waals surface area contributed by atoms with E-state index in [1.54, 1.807) is 12.1 Å². The number of benzene rings is 2. The van der Waals surface area contributed by atoms with Crippen molar-refractivity contribution in [2.24, 2.45) is 0 Å². The molecule has 128 valence electrons. The lowest BCUT2D eigenvalue weighted by atomic mass is 9.97. The van der Waals surface area contributed by atoms with Crippen LogP contribution in [0, 0.1) is 13.8 Å². The second-order valence-electron chi connectivity index (χ2n) is 5.95. The molecule has 0 unspecified atom stereocenters. The summed E-state index contributed by atoms with van der Waals surface area (Å²) in [5.41, 5.74) is 3.42. The zero-order chi connectivity index (χ0) is 18.0. The zero-order valence-electron chi connectivity index (χ0n) is 14.0. The lowest BCUT2D eigenvalue weighted by molar-refractivity contribution is -0.139. The van der Waals surface area contributed by atoms with Crippen molar-refractivity contribution in [1.29, 1.82) is 0 Å². The summed E-state index contributed by atoms with van der Waals surface area (Å²) in [6.07, 6.45) is 0.502. The second kappa shape index (κ2) is 6.81. The van der Waals surface area contributed by atoms with Gasteiger partial charge in [-0.15, -0.1) is 0 Å². The van der Waals surface area contributed by atoms with Gasteiger partial charge in [-0.05, 0) is 36.6 Å². The van der Waals surface area contributed by atoms with Crippen molar-refractivity contribution >= 4 is 16.9 Å². The van der Waals surface area contributed by atoms with Crippen LogP contribution in [-0.4, -0.2) is 17.7 Å². The van der Waals surface area contributed by atoms with Crippen molar-refractivity contribution < 1.29 is 19.1 Å². The van der Waals surface area contributed by atoms with Crippen molar-refractivity contribution in [3.8, 4) is 5.75 Å². The average molecular weight is 338 g/mol. The van der Waals surface area contributed by atoms with Gasteiger partial charge >= 0.3 is 11.6 Å². The lowest BCUT2D eigenvalue weighted by Gasteiger charge is -2.12. The predicted molar refractivity (Wildman–Crippen MR) is 94.3 cm³/mol. The Morgan fingerprint density at radius 3 is 2.56 bits per heavy atom. The topological polar surface area (TPSA) is 76.7 Å². The van der Waals surface area contributed by atoms with Crippen LogP contribution in [0.5, 0.6) is 5.75 Å². The Labute approximate surface area is 144 Å². The second-order valence-corrected chi connectivity index (χ2v) is 5.95. The number of aryl methyl sites for hydroxylation is 2. The van der Waals surface area contributed by atoms with Crippen LogP contribution >= 0.6 is 0 Å². The molecule has 2 aromatic carbocycles. The molecule has 3 aromatic rings. The Hall–Kier alpha value is -3.08. The Morgan fingerprint density at radius 1 is 1.16 bits per heavy atom. The summed E-state index contributed by atoms with van der Waals surface area (Å²) in [7, 11) is 0. The van der Waals surface area contributed by atoms with E-state index in [9.17, 15) is 9.59 Å². The van der Waals surface area contributed by atoms with Gasteiger partial charge < -0.3 is 14.3 Å². The molecular weight excluding hydrogens is 320 g/mol. The normalized spacial score (nSPS) is 10.8. The van der Waals surface area contributed by atoms with Crippen LogP contribution in [0.1, 0.15) is 22.3 Å². The maximum atomic E-state index is 12.4. The Morgan fingerprint density at radius 2 is 1.88 bits per heavy atom. The molecule has 0 saturated carbocycles. The van der Waals surface area contributed by atoms with Gasteiger partial charge in [-0.2, -0.15) is 0 Å². The van der Waals surface area contributed by atoms with Crippen LogP contribution < -0.4 is 10.4 Å². The molecule has 1 N–H and O–H groups in total. The maximum Gasteiger partial charge on any atom is 0.341 e. The van der Waals surface area contributed by atoms with E-state index in [-0.39, 0.29) is 5.63 Å². The van der Waals surface area contributed by atoms with Crippen LogP contribution in [0.15, 0.2) is 51.7 Å². The summed E-state index contributed by atoms with van der Waals surface area (Å²) in [4.78, 5) is 23.1. The van der Waals surface area contributed by atoms with Crippen LogP contribution in [0.4, 0.5) is 0 Å². The van der Waals surface area contributed by atoms with Crippen LogP contribution in [0.2, 0.25) is 0 Å². The van der Waals surface area contributed by atoms with Gasteiger partial charge in [0.2, 0.25) is 0 Å². The fourth-order valence-electron chi connectivity index (χ4n) is 2.98. The van der Waals surface area contributed by atoms with Crippen molar-refractivity contribution in [3.05, 3.63) is 75.1 Å². The standard InChI is InChI=1S/C20H18O5/c1-12-8-15(24-11-18(21)22)10-17-19(12)13(2)16(20(23)25-17)9-14-6-4-3-5-7-14/h3-8,10H,9,11H2,1-2H3,(H,21,22). The van der Waals surface area contributed by atoms with Gasteiger partial charge in [0.15, 0.2) is 6.61 Å². The smallest absolute Gasteiger partial charge is 0.341 e. The number of carbonyl (C=O) groups is 1. The van der Waals surface area contributed by atoms with Gasteiger partial charge in [0.25, 0.3) is 0 Å². The first kappa shape index (κ1) is 16.8. The number of rotatable bonds is 5. The van der Waals surface area contributed by atoms with Crippen LogP contribution in [0.3, 0.4) is 0 Å². The summed E-state index contributed by atoms with van der Waals surface area (Å²) in [5.74, 6) is -0.695. The Balaban J connectivity index is 2.07. The van der Waals surface area contributed by atoms with Gasteiger partial charge in [0.1, 0.15) is 11.3 Å². The fourth-order valence-corrected chi connectivity index (χ4v) is 2.98. The van der Waals surface area contributed by atoms with Gasteiger partial charge in [-0.3, -0.25) is 0 Å². The van der Waals surface area contributed by atoms with Gasteiger partial charge in [0, 0.05) is 23.4 Å². The molecule has 0 amide bonds. The van der Waals surface area contributed by atoms with E-state index in [4.69, 9.17) is 14.3 Å².